The van der Waals surface area contributed by atoms with Gasteiger partial charge in [0.15, 0.2) is 0 Å². The second-order valence-electron chi connectivity index (χ2n) is 6.65. The topological polar surface area (TPSA) is 12.0 Å². The monoisotopic (exact) mass is 273 g/mol. The maximum absolute atomic E-state index is 3.86. The highest BCUT2D eigenvalue weighted by Gasteiger charge is 2.20. The molecule has 1 aromatic rings. The van der Waals surface area contributed by atoms with Crippen LogP contribution >= 0.6 is 0 Å². The molecule has 1 N–H and O–H groups in total. The van der Waals surface area contributed by atoms with Crippen molar-refractivity contribution in [3.8, 4) is 0 Å². The van der Waals surface area contributed by atoms with E-state index in [1.54, 1.807) is 0 Å². The van der Waals surface area contributed by atoms with Crippen LogP contribution in [-0.2, 0) is 0 Å². The zero-order valence-electron chi connectivity index (χ0n) is 13.3. The van der Waals surface area contributed by atoms with Crippen LogP contribution < -0.4 is 5.32 Å². The normalized spacial score (nSPS) is 24.5. The van der Waals surface area contributed by atoms with Crippen LogP contribution in [-0.4, -0.2) is 6.54 Å². The maximum atomic E-state index is 3.86. The molecule has 2 rings (SSSR count). The molecule has 0 radical (unpaired) electrons. The summed E-state index contributed by atoms with van der Waals surface area (Å²) in [4.78, 5) is 0. The predicted octanol–water partition coefficient (Wildman–Crippen LogP) is 5.33. The highest BCUT2D eigenvalue weighted by molar-refractivity contribution is 5.18. The van der Waals surface area contributed by atoms with Crippen molar-refractivity contribution < 1.29 is 0 Å². The first-order valence-corrected chi connectivity index (χ1v) is 8.58. The molecule has 1 aromatic carbocycles. The fourth-order valence-corrected chi connectivity index (χ4v) is 3.53. The molecule has 0 amide bonds. The van der Waals surface area contributed by atoms with E-state index in [2.05, 4.69) is 49.5 Å². The SMILES string of the molecule is CCCCC(NCC1CCCC(C)C1)c1ccccc1. The van der Waals surface area contributed by atoms with E-state index in [0.717, 1.165) is 11.8 Å². The summed E-state index contributed by atoms with van der Waals surface area (Å²) >= 11 is 0. The number of benzene rings is 1. The first kappa shape index (κ1) is 15.6. The lowest BCUT2D eigenvalue weighted by molar-refractivity contribution is 0.264. The van der Waals surface area contributed by atoms with Crippen LogP contribution in [0.5, 0.6) is 0 Å². The average molecular weight is 273 g/mol. The molecule has 1 aliphatic rings. The van der Waals surface area contributed by atoms with Crippen molar-refractivity contribution in [1.82, 2.24) is 5.32 Å². The van der Waals surface area contributed by atoms with E-state index in [1.807, 2.05) is 0 Å². The van der Waals surface area contributed by atoms with E-state index in [-0.39, 0.29) is 0 Å². The molecule has 0 bridgehead atoms. The van der Waals surface area contributed by atoms with Crippen molar-refractivity contribution in [3.05, 3.63) is 35.9 Å². The molecular formula is C19H31N. The van der Waals surface area contributed by atoms with Crippen molar-refractivity contribution in [2.45, 2.75) is 64.8 Å². The predicted molar refractivity (Wildman–Crippen MR) is 87.8 cm³/mol. The minimum Gasteiger partial charge on any atom is -0.310 e. The third-order valence-corrected chi connectivity index (χ3v) is 4.75. The van der Waals surface area contributed by atoms with Gasteiger partial charge in [0, 0.05) is 6.04 Å². The summed E-state index contributed by atoms with van der Waals surface area (Å²) in [5.41, 5.74) is 1.46. The quantitative estimate of drug-likeness (QED) is 0.707. The Bertz CT molecular complexity index is 359. The third kappa shape index (κ3) is 4.94. The molecule has 0 heterocycles. The smallest absolute Gasteiger partial charge is 0.0320 e. The van der Waals surface area contributed by atoms with E-state index in [1.165, 1.54) is 57.1 Å². The van der Waals surface area contributed by atoms with Crippen molar-refractivity contribution >= 4 is 0 Å². The first-order valence-electron chi connectivity index (χ1n) is 8.58. The Morgan fingerprint density at radius 1 is 1.20 bits per heavy atom. The fraction of sp³-hybridized carbons (Fsp3) is 0.684. The fourth-order valence-electron chi connectivity index (χ4n) is 3.53. The van der Waals surface area contributed by atoms with Crippen LogP contribution in [0.15, 0.2) is 30.3 Å². The summed E-state index contributed by atoms with van der Waals surface area (Å²) in [6, 6.07) is 11.5. The zero-order chi connectivity index (χ0) is 14.2. The van der Waals surface area contributed by atoms with Crippen LogP contribution in [0, 0.1) is 11.8 Å². The van der Waals surface area contributed by atoms with Gasteiger partial charge in [-0.25, -0.2) is 0 Å². The Morgan fingerprint density at radius 2 is 2.00 bits per heavy atom. The molecule has 1 saturated carbocycles. The number of unbranched alkanes of at least 4 members (excludes halogenated alkanes) is 1. The molecule has 1 aliphatic carbocycles. The van der Waals surface area contributed by atoms with Crippen molar-refractivity contribution in [2.75, 3.05) is 6.54 Å². The lowest BCUT2D eigenvalue weighted by atomic mass is 9.82. The van der Waals surface area contributed by atoms with Crippen molar-refractivity contribution in [3.63, 3.8) is 0 Å². The van der Waals surface area contributed by atoms with Crippen molar-refractivity contribution in [2.24, 2.45) is 11.8 Å². The Balaban J connectivity index is 1.87. The van der Waals surface area contributed by atoms with E-state index in [4.69, 9.17) is 0 Å². The minimum absolute atomic E-state index is 0.549. The van der Waals surface area contributed by atoms with E-state index >= 15 is 0 Å². The average Bonchev–Trinajstić information content (AvgIpc) is 2.48. The molecule has 20 heavy (non-hydrogen) atoms. The Morgan fingerprint density at radius 3 is 2.70 bits per heavy atom. The first-order chi connectivity index (χ1) is 9.79. The van der Waals surface area contributed by atoms with Gasteiger partial charge in [-0.1, -0.05) is 69.9 Å². The summed E-state index contributed by atoms with van der Waals surface area (Å²) in [5.74, 6) is 1.83. The number of rotatable bonds is 7. The van der Waals surface area contributed by atoms with Gasteiger partial charge in [-0.2, -0.15) is 0 Å². The van der Waals surface area contributed by atoms with Crippen LogP contribution in [0.1, 0.15) is 70.4 Å². The van der Waals surface area contributed by atoms with Gasteiger partial charge in [0.05, 0.1) is 0 Å². The van der Waals surface area contributed by atoms with Gasteiger partial charge in [-0.15, -0.1) is 0 Å². The van der Waals surface area contributed by atoms with Crippen LogP contribution in [0.4, 0.5) is 0 Å². The molecule has 1 nitrogen and oxygen atoms in total. The molecule has 3 atom stereocenters. The molecule has 1 heteroatoms. The third-order valence-electron chi connectivity index (χ3n) is 4.75. The van der Waals surface area contributed by atoms with E-state index in [0.29, 0.717) is 6.04 Å². The highest BCUT2D eigenvalue weighted by atomic mass is 14.9. The molecule has 1 fully saturated rings. The number of nitrogens with one attached hydrogen (secondary N) is 1. The summed E-state index contributed by atoms with van der Waals surface area (Å²) in [6.45, 7) is 5.90. The number of hydrogen-bond acceptors (Lipinski definition) is 1. The van der Waals surface area contributed by atoms with Gasteiger partial charge in [0.25, 0.3) is 0 Å². The number of hydrogen-bond donors (Lipinski definition) is 1. The van der Waals surface area contributed by atoms with Gasteiger partial charge in [0.1, 0.15) is 0 Å². The molecular weight excluding hydrogens is 242 g/mol. The van der Waals surface area contributed by atoms with E-state index < -0.39 is 0 Å². The molecule has 0 aromatic heterocycles. The lowest BCUT2D eigenvalue weighted by Crippen LogP contribution is -2.30. The van der Waals surface area contributed by atoms with Gasteiger partial charge >= 0.3 is 0 Å². The Kier molecular flexibility index (Phi) is 6.59. The summed E-state index contributed by atoms with van der Waals surface area (Å²) < 4.78 is 0. The summed E-state index contributed by atoms with van der Waals surface area (Å²) in [7, 11) is 0. The molecule has 0 saturated heterocycles. The second-order valence-corrected chi connectivity index (χ2v) is 6.65. The Labute approximate surface area is 125 Å². The molecule has 3 unspecified atom stereocenters. The second kappa shape index (κ2) is 8.46. The van der Waals surface area contributed by atoms with Crippen LogP contribution in [0.25, 0.3) is 0 Å². The maximum Gasteiger partial charge on any atom is 0.0320 e. The van der Waals surface area contributed by atoms with E-state index in [9.17, 15) is 0 Å². The van der Waals surface area contributed by atoms with Gasteiger partial charge in [0.2, 0.25) is 0 Å². The summed E-state index contributed by atoms with van der Waals surface area (Å²) in [5, 5.41) is 3.86. The minimum atomic E-state index is 0.549. The van der Waals surface area contributed by atoms with Crippen LogP contribution in [0.3, 0.4) is 0 Å². The molecule has 0 spiro atoms. The van der Waals surface area contributed by atoms with Gasteiger partial charge in [-0.05, 0) is 43.2 Å². The van der Waals surface area contributed by atoms with Crippen LogP contribution in [0.2, 0.25) is 0 Å². The zero-order valence-corrected chi connectivity index (χ0v) is 13.3. The Hall–Kier alpha value is -0.820. The largest absolute Gasteiger partial charge is 0.310 e. The van der Waals surface area contributed by atoms with Crippen molar-refractivity contribution in [1.29, 1.82) is 0 Å². The molecule has 112 valence electrons. The highest BCUT2D eigenvalue weighted by Crippen LogP contribution is 2.29. The summed E-state index contributed by atoms with van der Waals surface area (Å²) in [6.07, 6.45) is 9.57. The standard InChI is InChI=1S/C19H31N/c1-3-4-13-19(18-11-6-5-7-12-18)20-15-17-10-8-9-16(2)14-17/h5-7,11-12,16-17,19-20H,3-4,8-10,13-15H2,1-2H3. The molecule has 0 aliphatic heterocycles. The lowest BCUT2D eigenvalue weighted by Gasteiger charge is -2.29. The van der Waals surface area contributed by atoms with Gasteiger partial charge in [-0.3, -0.25) is 0 Å². The van der Waals surface area contributed by atoms with Gasteiger partial charge < -0.3 is 5.32 Å².